The molecule has 0 radical (unpaired) electrons. The molecule has 0 N–H and O–H groups in total. The van der Waals surface area contributed by atoms with Crippen molar-refractivity contribution < 1.29 is 9.18 Å². The zero-order chi connectivity index (χ0) is 12.3. The van der Waals surface area contributed by atoms with Crippen LogP contribution in [0.1, 0.15) is 18.4 Å². The summed E-state index contributed by atoms with van der Waals surface area (Å²) in [4.78, 5) is 13.5. The lowest BCUT2D eigenvalue weighted by Crippen LogP contribution is -2.35. The van der Waals surface area contributed by atoms with E-state index >= 15 is 0 Å². The molecule has 1 aliphatic rings. The lowest BCUT2D eigenvalue weighted by molar-refractivity contribution is -0.130. The summed E-state index contributed by atoms with van der Waals surface area (Å²) in [5, 5.41) is 8.89. The number of nitriles is 1. The molecule has 0 saturated carbocycles. The van der Waals surface area contributed by atoms with Crippen LogP contribution in [0.5, 0.6) is 0 Å². The first-order chi connectivity index (χ1) is 8.20. The van der Waals surface area contributed by atoms with Gasteiger partial charge in [-0.05, 0) is 30.5 Å². The van der Waals surface area contributed by atoms with Crippen LogP contribution in [0.15, 0.2) is 24.3 Å². The maximum Gasteiger partial charge on any atom is 0.228 e. The zero-order valence-corrected chi connectivity index (χ0v) is 9.40. The highest BCUT2D eigenvalue weighted by molar-refractivity contribution is 5.79. The number of likely N-dealkylation sites (tertiary alicyclic amines) is 1. The van der Waals surface area contributed by atoms with Crippen LogP contribution in [0.25, 0.3) is 0 Å². The van der Waals surface area contributed by atoms with Crippen molar-refractivity contribution in [2.45, 2.75) is 25.3 Å². The molecule has 17 heavy (non-hydrogen) atoms. The Hall–Kier alpha value is -1.89. The summed E-state index contributed by atoms with van der Waals surface area (Å²) >= 11 is 0. The minimum Gasteiger partial charge on any atom is -0.326 e. The second-order valence-electron chi connectivity index (χ2n) is 4.18. The molecule has 0 aliphatic carbocycles. The number of nitrogens with zero attached hydrogens (tertiary/aromatic N) is 2. The molecule has 0 bridgehead atoms. The van der Waals surface area contributed by atoms with Gasteiger partial charge in [-0.15, -0.1) is 0 Å². The molecule has 1 saturated heterocycles. The van der Waals surface area contributed by atoms with E-state index in [1.54, 1.807) is 17.0 Å². The third-order valence-electron chi connectivity index (χ3n) is 2.97. The molecule has 3 nitrogen and oxygen atoms in total. The van der Waals surface area contributed by atoms with Crippen LogP contribution in [-0.2, 0) is 11.2 Å². The Morgan fingerprint density at radius 2 is 2.41 bits per heavy atom. The van der Waals surface area contributed by atoms with E-state index in [2.05, 4.69) is 6.07 Å². The van der Waals surface area contributed by atoms with Gasteiger partial charge in [-0.25, -0.2) is 4.39 Å². The van der Waals surface area contributed by atoms with E-state index in [1.165, 1.54) is 12.1 Å². The quantitative estimate of drug-likeness (QED) is 0.781. The van der Waals surface area contributed by atoms with Gasteiger partial charge in [0.05, 0.1) is 12.5 Å². The highest BCUT2D eigenvalue weighted by Crippen LogP contribution is 2.18. The lowest BCUT2D eigenvalue weighted by Gasteiger charge is -2.19. The van der Waals surface area contributed by atoms with Gasteiger partial charge in [-0.1, -0.05) is 12.1 Å². The average molecular weight is 232 g/mol. The molecule has 4 heteroatoms. The van der Waals surface area contributed by atoms with E-state index < -0.39 is 0 Å². The molecule has 1 unspecified atom stereocenters. The topological polar surface area (TPSA) is 44.1 Å². The highest BCUT2D eigenvalue weighted by atomic mass is 19.1. The fraction of sp³-hybridized carbons (Fsp3) is 0.385. The summed E-state index contributed by atoms with van der Waals surface area (Å²) in [5.74, 6) is -0.437. The van der Waals surface area contributed by atoms with Gasteiger partial charge in [0.15, 0.2) is 0 Å². The zero-order valence-electron chi connectivity index (χ0n) is 9.40. The predicted molar refractivity (Wildman–Crippen MR) is 60.5 cm³/mol. The number of rotatable bonds is 2. The lowest BCUT2D eigenvalue weighted by atomic mass is 10.1. The maximum atomic E-state index is 13.0. The fourth-order valence-electron chi connectivity index (χ4n) is 2.12. The van der Waals surface area contributed by atoms with Crippen LogP contribution in [0.3, 0.4) is 0 Å². The fourth-order valence-corrected chi connectivity index (χ4v) is 2.12. The van der Waals surface area contributed by atoms with Crippen LogP contribution in [0, 0.1) is 17.1 Å². The molecule has 1 aromatic rings. The van der Waals surface area contributed by atoms with Gasteiger partial charge in [0.25, 0.3) is 0 Å². The van der Waals surface area contributed by atoms with Crippen molar-refractivity contribution in [3.8, 4) is 6.07 Å². The predicted octanol–water partition coefficient (Wildman–Crippen LogP) is 1.88. The third-order valence-corrected chi connectivity index (χ3v) is 2.97. The maximum absolute atomic E-state index is 13.0. The SMILES string of the molecule is N#CC1CCCN1C(=O)Cc1cccc(F)c1. The summed E-state index contributed by atoms with van der Waals surface area (Å²) in [6, 6.07) is 7.83. The Morgan fingerprint density at radius 1 is 1.59 bits per heavy atom. The molecule has 1 heterocycles. The van der Waals surface area contributed by atoms with Crippen LogP contribution in [-0.4, -0.2) is 23.4 Å². The van der Waals surface area contributed by atoms with Gasteiger partial charge in [-0.3, -0.25) is 4.79 Å². The van der Waals surface area contributed by atoms with Gasteiger partial charge >= 0.3 is 0 Å². The summed E-state index contributed by atoms with van der Waals surface area (Å²) in [6.45, 7) is 0.631. The van der Waals surface area contributed by atoms with Gasteiger partial charge in [0.2, 0.25) is 5.91 Å². The normalized spacial score (nSPS) is 19.1. The second-order valence-corrected chi connectivity index (χ2v) is 4.18. The molecule has 1 aliphatic heterocycles. The van der Waals surface area contributed by atoms with E-state index in [0.29, 0.717) is 12.1 Å². The summed E-state index contributed by atoms with van der Waals surface area (Å²) in [6.07, 6.45) is 1.77. The molecular weight excluding hydrogens is 219 g/mol. The van der Waals surface area contributed by atoms with E-state index in [-0.39, 0.29) is 24.2 Å². The van der Waals surface area contributed by atoms with Gasteiger partial charge in [-0.2, -0.15) is 5.26 Å². The number of carbonyl (C=O) groups excluding carboxylic acids is 1. The molecular formula is C13H13FN2O. The van der Waals surface area contributed by atoms with Crippen molar-refractivity contribution in [3.05, 3.63) is 35.6 Å². The van der Waals surface area contributed by atoms with Crippen molar-refractivity contribution in [3.63, 3.8) is 0 Å². The Balaban J connectivity index is 2.04. The van der Waals surface area contributed by atoms with Crippen molar-refractivity contribution >= 4 is 5.91 Å². The van der Waals surface area contributed by atoms with Crippen LogP contribution < -0.4 is 0 Å². The van der Waals surface area contributed by atoms with Crippen LogP contribution in [0.2, 0.25) is 0 Å². The number of amides is 1. The van der Waals surface area contributed by atoms with Crippen molar-refractivity contribution in [1.29, 1.82) is 5.26 Å². The molecule has 0 spiro atoms. The van der Waals surface area contributed by atoms with E-state index in [9.17, 15) is 9.18 Å². The number of hydrogen-bond acceptors (Lipinski definition) is 2. The molecule has 1 amide bonds. The number of benzene rings is 1. The number of carbonyl (C=O) groups is 1. The minimum atomic E-state index is -0.339. The van der Waals surface area contributed by atoms with Crippen LogP contribution in [0.4, 0.5) is 4.39 Å². The number of hydrogen-bond donors (Lipinski definition) is 0. The molecule has 0 aromatic heterocycles. The number of halogens is 1. The van der Waals surface area contributed by atoms with Crippen molar-refractivity contribution in [2.24, 2.45) is 0 Å². The largest absolute Gasteiger partial charge is 0.326 e. The Morgan fingerprint density at radius 3 is 3.12 bits per heavy atom. The molecule has 1 aromatic carbocycles. The van der Waals surface area contributed by atoms with E-state index in [0.717, 1.165) is 12.8 Å². The first-order valence-corrected chi connectivity index (χ1v) is 5.64. The van der Waals surface area contributed by atoms with E-state index in [1.807, 2.05) is 0 Å². The summed E-state index contributed by atoms with van der Waals surface area (Å²) < 4.78 is 13.0. The molecule has 2 rings (SSSR count). The second kappa shape index (κ2) is 4.96. The first kappa shape index (κ1) is 11.6. The smallest absolute Gasteiger partial charge is 0.228 e. The minimum absolute atomic E-state index is 0.0975. The summed E-state index contributed by atoms with van der Waals surface area (Å²) in [7, 11) is 0. The van der Waals surface area contributed by atoms with Gasteiger partial charge in [0.1, 0.15) is 11.9 Å². The van der Waals surface area contributed by atoms with Crippen molar-refractivity contribution in [2.75, 3.05) is 6.54 Å². The monoisotopic (exact) mass is 232 g/mol. The summed E-state index contributed by atoms with van der Waals surface area (Å²) in [5.41, 5.74) is 0.651. The molecule has 1 fully saturated rings. The van der Waals surface area contributed by atoms with Gasteiger partial charge in [0, 0.05) is 6.54 Å². The Labute approximate surface area is 99.5 Å². The Kier molecular flexibility index (Phi) is 3.38. The standard InChI is InChI=1S/C13H13FN2O/c14-11-4-1-3-10(7-11)8-13(17)16-6-2-5-12(16)9-15/h1,3-4,7,12H,2,5-6,8H2. The Bertz CT molecular complexity index is 467. The third kappa shape index (κ3) is 2.62. The average Bonchev–Trinajstić information content (AvgIpc) is 2.77. The van der Waals surface area contributed by atoms with Gasteiger partial charge < -0.3 is 4.90 Å². The van der Waals surface area contributed by atoms with Crippen molar-refractivity contribution in [1.82, 2.24) is 4.90 Å². The highest BCUT2D eigenvalue weighted by Gasteiger charge is 2.28. The molecule has 1 atom stereocenters. The first-order valence-electron chi connectivity index (χ1n) is 5.64. The molecule has 88 valence electrons. The van der Waals surface area contributed by atoms with Crippen LogP contribution >= 0.6 is 0 Å². The van der Waals surface area contributed by atoms with E-state index in [4.69, 9.17) is 5.26 Å².